The molecular weight excluding hydrogens is 316 g/mol. The van der Waals surface area contributed by atoms with Crippen molar-refractivity contribution >= 4 is 11.8 Å². The summed E-state index contributed by atoms with van der Waals surface area (Å²) in [4.78, 5) is 16.4. The molecule has 7 heteroatoms. The summed E-state index contributed by atoms with van der Waals surface area (Å²) >= 11 is 0. The number of hydrogen-bond donors (Lipinski definition) is 2. The van der Waals surface area contributed by atoms with Gasteiger partial charge >= 0.3 is 0 Å². The third-order valence-electron chi connectivity index (χ3n) is 4.90. The Morgan fingerprint density at radius 1 is 1.20 bits per heavy atom. The number of nitrogens with two attached hydrogens (primary N) is 1. The van der Waals surface area contributed by atoms with Crippen molar-refractivity contribution in [3.8, 4) is 0 Å². The molecule has 0 aromatic carbocycles. The molecule has 0 bridgehead atoms. The summed E-state index contributed by atoms with van der Waals surface area (Å²) in [7, 11) is 3.97. The number of rotatable bonds is 4. The number of piperidine rings is 1. The summed E-state index contributed by atoms with van der Waals surface area (Å²) in [5.74, 6) is 1.81. The molecule has 7 nitrogen and oxygen atoms in total. The Labute approximate surface area is 150 Å². The molecule has 0 aliphatic carbocycles. The average molecular weight is 348 g/mol. The van der Waals surface area contributed by atoms with Crippen LogP contribution < -0.4 is 15.5 Å². The smallest absolute Gasteiger partial charge is 0.227 e. The lowest BCUT2D eigenvalue weighted by atomic mass is 10.0. The van der Waals surface area contributed by atoms with Crippen LogP contribution in [-0.4, -0.2) is 71.9 Å². The van der Waals surface area contributed by atoms with Crippen molar-refractivity contribution in [2.75, 3.05) is 50.1 Å². The van der Waals surface area contributed by atoms with E-state index in [0.29, 0.717) is 0 Å². The van der Waals surface area contributed by atoms with Gasteiger partial charge in [-0.1, -0.05) is 0 Å². The van der Waals surface area contributed by atoms with Crippen LogP contribution in [0.2, 0.25) is 0 Å². The first-order valence-corrected chi connectivity index (χ1v) is 9.24. The van der Waals surface area contributed by atoms with Crippen molar-refractivity contribution in [2.24, 2.45) is 5.73 Å². The Kier molecular flexibility index (Phi) is 5.18. The number of aliphatic hydroxyl groups excluding tert-OH is 1. The molecule has 3 heterocycles. The fourth-order valence-electron chi connectivity index (χ4n) is 3.69. The summed E-state index contributed by atoms with van der Waals surface area (Å²) in [5, 5.41) is 9.83. The molecule has 140 valence electrons. The molecule has 0 atom stereocenters. The van der Waals surface area contributed by atoms with Crippen LogP contribution in [-0.2, 0) is 13.0 Å². The normalized spacial score (nSPS) is 19.8. The first-order chi connectivity index (χ1) is 11.7. The lowest BCUT2D eigenvalue weighted by Crippen LogP contribution is -2.47. The molecule has 3 N–H and O–H groups in total. The maximum Gasteiger partial charge on any atom is 0.227 e. The number of nitrogens with zero attached hydrogens (tertiary/aromatic N) is 5. The van der Waals surface area contributed by atoms with Crippen molar-refractivity contribution < 1.29 is 5.11 Å². The largest absolute Gasteiger partial charge is 0.393 e. The molecule has 2 aliphatic rings. The van der Waals surface area contributed by atoms with Gasteiger partial charge in [-0.25, -0.2) is 4.98 Å². The lowest BCUT2D eigenvalue weighted by Gasteiger charge is -2.37. The maximum atomic E-state index is 9.83. The Hall–Kier alpha value is -1.44. The monoisotopic (exact) mass is 348 g/mol. The SMILES string of the molecule is CN(C)c1nc2c(c(N3CCC(O)CC3)n1)CN(CC(C)(C)N)CC2. The molecule has 0 unspecified atom stereocenters. The highest BCUT2D eigenvalue weighted by Gasteiger charge is 2.29. The highest BCUT2D eigenvalue weighted by atomic mass is 16.3. The van der Waals surface area contributed by atoms with E-state index in [1.807, 2.05) is 19.0 Å². The van der Waals surface area contributed by atoms with Gasteiger partial charge in [0.05, 0.1) is 11.8 Å². The van der Waals surface area contributed by atoms with Crippen molar-refractivity contribution in [3.63, 3.8) is 0 Å². The van der Waals surface area contributed by atoms with E-state index in [1.165, 1.54) is 5.56 Å². The maximum absolute atomic E-state index is 9.83. The van der Waals surface area contributed by atoms with Crippen molar-refractivity contribution in [3.05, 3.63) is 11.3 Å². The zero-order valence-corrected chi connectivity index (χ0v) is 16.0. The summed E-state index contributed by atoms with van der Waals surface area (Å²) < 4.78 is 0. The van der Waals surface area contributed by atoms with Gasteiger partial charge in [0.25, 0.3) is 0 Å². The molecule has 1 saturated heterocycles. The van der Waals surface area contributed by atoms with Gasteiger partial charge in [0.1, 0.15) is 5.82 Å². The van der Waals surface area contributed by atoms with Crippen molar-refractivity contribution in [1.82, 2.24) is 14.9 Å². The number of fused-ring (bicyclic) bond motifs is 1. The summed E-state index contributed by atoms with van der Waals surface area (Å²) in [6, 6.07) is 0. The first kappa shape index (κ1) is 18.4. The Morgan fingerprint density at radius 3 is 2.48 bits per heavy atom. The van der Waals surface area contributed by atoms with E-state index in [4.69, 9.17) is 15.7 Å². The second-order valence-electron chi connectivity index (χ2n) is 8.33. The predicted octanol–water partition coefficient (Wildman–Crippen LogP) is 0.599. The predicted molar refractivity (Wildman–Crippen MR) is 101 cm³/mol. The highest BCUT2D eigenvalue weighted by Crippen LogP contribution is 2.30. The van der Waals surface area contributed by atoms with E-state index in [9.17, 15) is 5.11 Å². The average Bonchev–Trinajstić information content (AvgIpc) is 2.53. The third-order valence-corrected chi connectivity index (χ3v) is 4.90. The minimum atomic E-state index is -0.211. The van der Waals surface area contributed by atoms with Crippen LogP contribution in [0.15, 0.2) is 0 Å². The molecular formula is C18H32N6O. The minimum Gasteiger partial charge on any atom is -0.393 e. The van der Waals surface area contributed by atoms with Gasteiger partial charge in [-0.3, -0.25) is 4.90 Å². The van der Waals surface area contributed by atoms with Crippen LogP contribution >= 0.6 is 0 Å². The van der Waals surface area contributed by atoms with Crippen molar-refractivity contribution in [2.45, 2.75) is 51.3 Å². The molecule has 3 rings (SSSR count). The third kappa shape index (κ3) is 4.40. The van der Waals surface area contributed by atoms with E-state index >= 15 is 0 Å². The fourth-order valence-corrected chi connectivity index (χ4v) is 3.69. The summed E-state index contributed by atoms with van der Waals surface area (Å²) in [5.41, 5.74) is 8.41. The molecule has 0 radical (unpaired) electrons. The summed E-state index contributed by atoms with van der Waals surface area (Å²) in [6.45, 7) is 8.52. The van der Waals surface area contributed by atoms with Crippen LogP contribution in [0.4, 0.5) is 11.8 Å². The standard InChI is InChI=1S/C18H32N6O/c1-18(2,19)12-23-8-7-15-14(11-23)16(21-17(20-15)22(3)4)24-9-5-13(25)6-10-24/h13,25H,5-12,19H2,1-4H3. The van der Waals surface area contributed by atoms with E-state index in [-0.39, 0.29) is 11.6 Å². The van der Waals surface area contributed by atoms with E-state index in [2.05, 4.69) is 23.6 Å². The topological polar surface area (TPSA) is 81.8 Å². The second kappa shape index (κ2) is 7.05. The molecule has 1 aromatic rings. The van der Waals surface area contributed by atoms with Crippen LogP contribution in [0.3, 0.4) is 0 Å². The van der Waals surface area contributed by atoms with Gasteiger partial charge in [-0.15, -0.1) is 0 Å². The molecule has 1 fully saturated rings. The van der Waals surface area contributed by atoms with Crippen LogP contribution in [0.5, 0.6) is 0 Å². The highest BCUT2D eigenvalue weighted by molar-refractivity contribution is 5.54. The zero-order chi connectivity index (χ0) is 18.2. The molecule has 0 spiro atoms. The van der Waals surface area contributed by atoms with Gasteiger partial charge in [-0.05, 0) is 26.7 Å². The Bertz CT molecular complexity index is 604. The van der Waals surface area contributed by atoms with E-state index in [0.717, 1.165) is 69.4 Å². The first-order valence-electron chi connectivity index (χ1n) is 9.24. The molecule has 1 aromatic heterocycles. The Balaban J connectivity index is 1.91. The number of aromatic nitrogens is 2. The zero-order valence-electron chi connectivity index (χ0n) is 16.0. The minimum absolute atomic E-state index is 0.184. The number of hydrogen-bond acceptors (Lipinski definition) is 7. The Morgan fingerprint density at radius 2 is 1.88 bits per heavy atom. The molecule has 0 saturated carbocycles. The lowest BCUT2D eigenvalue weighted by molar-refractivity contribution is 0.145. The van der Waals surface area contributed by atoms with Gasteiger partial charge < -0.3 is 20.6 Å². The van der Waals surface area contributed by atoms with Crippen LogP contribution in [0.1, 0.15) is 37.9 Å². The quantitative estimate of drug-likeness (QED) is 0.824. The van der Waals surface area contributed by atoms with Gasteiger partial charge in [0, 0.05) is 64.3 Å². The second-order valence-corrected chi connectivity index (χ2v) is 8.33. The van der Waals surface area contributed by atoms with E-state index < -0.39 is 0 Å². The fraction of sp³-hybridized carbons (Fsp3) is 0.778. The molecule has 2 aliphatic heterocycles. The van der Waals surface area contributed by atoms with Crippen LogP contribution in [0.25, 0.3) is 0 Å². The number of anilines is 2. The van der Waals surface area contributed by atoms with Gasteiger partial charge in [0.2, 0.25) is 5.95 Å². The van der Waals surface area contributed by atoms with Crippen molar-refractivity contribution in [1.29, 1.82) is 0 Å². The molecule has 0 amide bonds. The molecule has 25 heavy (non-hydrogen) atoms. The van der Waals surface area contributed by atoms with Gasteiger partial charge in [0.15, 0.2) is 0 Å². The van der Waals surface area contributed by atoms with Gasteiger partial charge in [-0.2, -0.15) is 4.98 Å². The van der Waals surface area contributed by atoms with E-state index in [1.54, 1.807) is 0 Å². The number of aliphatic hydroxyl groups is 1. The van der Waals surface area contributed by atoms with Crippen LogP contribution in [0, 0.1) is 0 Å². The summed E-state index contributed by atoms with van der Waals surface area (Å²) in [6.07, 6.45) is 2.35.